The van der Waals surface area contributed by atoms with Crippen LogP contribution in [-0.2, 0) is 14.4 Å². The van der Waals surface area contributed by atoms with Crippen LogP contribution >= 0.6 is 11.6 Å². The molecule has 1 saturated heterocycles. The summed E-state index contributed by atoms with van der Waals surface area (Å²) in [6.07, 6.45) is 1.23. The maximum absolute atomic E-state index is 12.6. The van der Waals surface area contributed by atoms with Gasteiger partial charge in [0.05, 0.1) is 30.2 Å². The SMILES string of the molecule is CCOC(=O)c1c[nH]c2nc(N3CCN(OCC)CC3C(=O)O)c(Cl)cc2c1=O. The number of H-pyrrole nitrogens is 1. The van der Waals surface area contributed by atoms with Crippen LogP contribution in [-0.4, -0.2) is 71.0 Å². The molecule has 2 N–H and O–H groups in total. The number of hydroxylamine groups is 2. The van der Waals surface area contributed by atoms with Gasteiger partial charge in [-0.3, -0.25) is 9.63 Å². The molecule has 29 heavy (non-hydrogen) atoms. The molecule has 0 aliphatic carbocycles. The average Bonchev–Trinajstić information content (AvgIpc) is 2.69. The van der Waals surface area contributed by atoms with Gasteiger partial charge in [-0.2, -0.15) is 5.06 Å². The number of rotatable bonds is 6. The number of ether oxygens (including phenoxy) is 1. The van der Waals surface area contributed by atoms with Crippen LogP contribution in [0, 0.1) is 0 Å². The van der Waals surface area contributed by atoms with E-state index in [4.69, 9.17) is 21.2 Å². The Bertz CT molecular complexity index is 994. The van der Waals surface area contributed by atoms with Gasteiger partial charge in [-0.1, -0.05) is 11.6 Å². The summed E-state index contributed by atoms with van der Waals surface area (Å²) in [4.78, 5) is 50.5. The second kappa shape index (κ2) is 8.76. The molecule has 3 heterocycles. The molecule has 0 bridgehead atoms. The minimum Gasteiger partial charge on any atom is -0.480 e. The van der Waals surface area contributed by atoms with Gasteiger partial charge in [-0.05, 0) is 19.9 Å². The number of aromatic nitrogens is 2. The fourth-order valence-electron chi connectivity index (χ4n) is 3.20. The summed E-state index contributed by atoms with van der Waals surface area (Å²) in [5.41, 5.74) is -0.522. The van der Waals surface area contributed by atoms with Crippen molar-refractivity contribution < 1.29 is 24.3 Å². The molecule has 10 nitrogen and oxygen atoms in total. The third-order valence-corrected chi connectivity index (χ3v) is 4.79. The Morgan fingerprint density at radius 2 is 2.10 bits per heavy atom. The van der Waals surface area contributed by atoms with Gasteiger partial charge in [0.25, 0.3) is 0 Å². The van der Waals surface area contributed by atoms with Crippen molar-refractivity contribution in [2.75, 3.05) is 37.7 Å². The maximum atomic E-state index is 12.6. The summed E-state index contributed by atoms with van der Waals surface area (Å²) in [5.74, 6) is -1.55. The quantitative estimate of drug-likeness (QED) is 0.659. The lowest BCUT2D eigenvalue weighted by atomic mass is 10.1. The molecule has 3 rings (SSSR count). The Hall–Kier alpha value is -2.69. The zero-order valence-corrected chi connectivity index (χ0v) is 16.7. The van der Waals surface area contributed by atoms with Gasteiger partial charge in [-0.15, -0.1) is 0 Å². The van der Waals surface area contributed by atoms with Crippen LogP contribution in [0.1, 0.15) is 24.2 Å². The number of piperazine rings is 1. The molecule has 0 amide bonds. The number of carbonyl (C=O) groups excluding carboxylic acids is 1. The summed E-state index contributed by atoms with van der Waals surface area (Å²) < 4.78 is 4.87. The lowest BCUT2D eigenvalue weighted by Crippen LogP contribution is -2.56. The largest absolute Gasteiger partial charge is 0.480 e. The second-order valence-corrected chi connectivity index (χ2v) is 6.70. The summed E-state index contributed by atoms with van der Waals surface area (Å²) in [6, 6.07) is 0.456. The third-order valence-electron chi connectivity index (χ3n) is 4.51. The first-order chi connectivity index (χ1) is 13.9. The molecule has 0 radical (unpaired) electrons. The van der Waals surface area contributed by atoms with Crippen LogP contribution in [0.2, 0.25) is 5.02 Å². The number of fused-ring (bicyclic) bond motifs is 1. The molecule has 0 spiro atoms. The molecule has 2 aromatic rings. The molecule has 11 heteroatoms. The van der Waals surface area contributed by atoms with E-state index in [-0.39, 0.29) is 40.6 Å². The predicted octanol–water partition coefficient (Wildman–Crippen LogP) is 1.28. The van der Waals surface area contributed by atoms with Gasteiger partial charge in [0.1, 0.15) is 17.3 Å². The topological polar surface area (TPSA) is 125 Å². The Morgan fingerprint density at radius 3 is 2.76 bits per heavy atom. The Morgan fingerprint density at radius 1 is 1.34 bits per heavy atom. The first-order valence-electron chi connectivity index (χ1n) is 9.13. The van der Waals surface area contributed by atoms with Gasteiger partial charge in [-0.25, -0.2) is 14.6 Å². The number of esters is 1. The third kappa shape index (κ3) is 4.19. The Labute approximate surface area is 170 Å². The minimum absolute atomic E-state index is 0.111. The number of carbonyl (C=O) groups is 2. The highest BCUT2D eigenvalue weighted by atomic mass is 35.5. The molecule has 1 aliphatic heterocycles. The molecule has 156 valence electrons. The highest BCUT2D eigenvalue weighted by Gasteiger charge is 2.35. The van der Waals surface area contributed by atoms with E-state index in [1.165, 1.54) is 12.3 Å². The normalized spacial score (nSPS) is 17.5. The number of aliphatic carboxylic acids is 1. The summed E-state index contributed by atoms with van der Waals surface area (Å²) in [7, 11) is 0. The van der Waals surface area contributed by atoms with Gasteiger partial charge >= 0.3 is 11.9 Å². The first-order valence-corrected chi connectivity index (χ1v) is 9.51. The fourth-order valence-corrected chi connectivity index (χ4v) is 3.46. The Kier molecular flexibility index (Phi) is 6.36. The second-order valence-electron chi connectivity index (χ2n) is 6.30. The smallest absolute Gasteiger partial charge is 0.343 e. The van der Waals surface area contributed by atoms with Gasteiger partial charge in [0.15, 0.2) is 5.82 Å². The van der Waals surface area contributed by atoms with Gasteiger partial charge in [0.2, 0.25) is 5.43 Å². The van der Waals surface area contributed by atoms with E-state index < -0.39 is 23.4 Å². The predicted molar refractivity (Wildman–Crippen MR) is 105 cm³/mol. The van der Waals surface area contributed by atoms with Crippen LogP contribution in [0.5, 0.6) is 0 Å². The van der Waals surface area contributed by atoms with E-state index in [0.29, 0.717) is 19.7 Å². The number of carboxylic acid groups (broad SMARTS) is 1. The molecule has 1 unspecified atom stereocenters. The summed E-state index contributed by atoms with van der Waals surface area (Å²) in [5, 5.41) is 11.5. The Balaban J connectivity index is 2.01. The molecule has 1 atom stereocenters. The zero-order valence-electron chi connectivity index (χ0n) is 16.0. The van der Waals surface area contributed by atoms with E-state index in [1.807, 2.05) is 6.92 Å². The number of nitrogens with one attached hydrogen (secondary N) is 1. The number of halogens is 1. The van der Waals surface area contributed by atoms with Crippen LogP contribution in [0.25, 0.3) is 11.0 Å². The first kappa shape index (κ1) is 21.0. The molecule has 0 saturated carbocycles. The number of nitrogens with zero attached hydrogens (tertiary/aromatic N) is 3. The van der Waals surface area contributed by atoms with Gasteiger partial charge in [0, 0.05) is 19.3 Å². The molecule has 2 aromatic heterocycles. The van der Waals surface area contributed by atoms with E-state index in [9.17, 15) is 19.5 Å². The van der Waals surface area contributed by atoms with Crippen LogP contribution in [0.3, 0.4) is 0 Å². The molecule has 1 aliphatic rings. The number of hydrogen-bond donors (Lipinski definition) is 2. The van der Waals surface area contributed by atoms with Crippen LogP contribution in [0.15, 0.2) is 17.1 Å². The van der Waals surface area contributed by atoms with Crippen molar-refractivity contribution >= 4 is 40.4 Å². The number of hydrogen-bond acceptors (Lipinski definition) is 8. The monoisotopic (exact) mass is 424 g/mol. The van der Waals surface area contributed by atoms with E-state index in [0.717, 1.165) is 0 Å². The minimum atomic E-state index is -1.04. The van der Waals surface area contributed by atoms with Crippen molar-refractivity contribution in [1.29, 1.82) is 0 Å². The van der Waals surface area contributed by atoms with Crippen molar-refractivity contribution in [2.45, 2.75) is 19.9 Å². The van der Waals surface area contributed by atoms with E-state index >= 15 is 0 Å². The lowest BCUT2D eigenvalue weighted by molar-refractivity contribution is -0.171. The zero-order chi connectivity index (χ0) is 21.1. The van der Waals surface area contributed by atoms with E-state index in [1.54, 1.807) is 16.9 Å². The van der Waals surface area contributed by atoms with Crippen molar-refractivity contribution in [2.24, 2.45) is 0 Å². The number of aromatic amines is 1. The number of anilines is 1. The lowest BCUT2D eigenvalue weighted by Gasteiger charge is -2.39. The van der Waals surface area contributed by atoms with Crippen LogP contribution < -0.4 is 10.3 Å². The van der Waals surface area contributed by atoms with Gasteiger partial charge < -0.3 is 19.7 Å². The van der Waals surface area contributed by atoms with Crippen molar-refractivity contribution in [3.05, 3.63) is 33.1 Å². The fraction of sp³-hybridized carbons (Fsp3) is 0.444. The molecular formula is C18H21ClN4O6. The van der Waals surface area contributed by atoms with Crippen molar-refractivity contribution in [1.82, 2.24) is 15.0 Å². The number of carboxylic acids is 1. The standard InChI is InChI=1S/C18H21ClN4O6/c1-3-28-18(27)11-8-20-15-10(14(11)24)7-12(19)16(21-15)23-6-5-22(29-4-2)9-13(23)17(25)26/h7-8,13H,3-6,9H2,1-2H3,(H,25,26)(H,20,21,24). The summed E-state index contributed by atoms with van der Waals surface area (Å²) >= 11 is 6.36. The van der Waals surface area contributed by atoms with E-state index in [2.05, 4.69) is 9.97 Å². The van der Waals surface area contributed by atoms with Crippen LogP contribution in [0.4, 0.5) is 5.82 Å². The highest BCUT2D eigenvalue weighted by Crippen LogP contribution is 2.29. The molecular weight excluding hydrogens is 404 g/mol. The van der Waals surface area contributed by atoms with Crippen molar-refractivity contribution in [3.8, 4) is 0 Å². The molecule has 0 aromatic carbocycles. The summed E-state index contributed by atoms with van der Waals surface area (Å²) in [6.45, 7) is 4.96. The number of pyridine rings is 2. The average molecular weight is 425 g/mol. The highest BCUT2D eigenvalue weighted by molar-refractivity contribution is 6.33. The maximum Gasteiger partial charge on any atom is 0.343 e. The molecule has 1 fully saturated rings. The van der Waals surface area contributed by atoms with Crippen molar-refractivity contribution in [3.63, 3.8) is 0 Å².